The fourth-order valence-corrected chi connectivity index (χ4v) is 2.93. The van der Waals surface area contributed by atoms with E-state index in [1.165, 1.54) is 5.56 Å². The summed E-state index contributed by atoms with van der Waals surface area (Å²) in [7, 11) is 0. The summed E-state index contributed by atoms with van der Waals surface area (Å²) in [5, 5.41) is 2.80. The number of hydrogen-bond acceptors (Lipinski definition) is 4. The predicted molar refractivity (Wildman–Crippen MR) is 117 cm³/mol. The van der Waals surface area contributed by atoms with Crippen molar-refractivity contribution in [2.24, 2.45) is 0 Å². The molecule has 0 aromatic heterocycles. The molecule has 0 spiro atoms. The molecule has 0 aliphatic rings. The van der Waals surface area contributed by atoms with Gasteiger partial charge in [-0.05, 0) is 35.2 Å². The Morgan fingerprint density at radius 3 is 2.20 bits per heavy atom. The second-order valence-electron chi connectivity index (χ2n) is 7.13. The summed E-state index contributed by atoms with van der Waals surface area (Å²) in [5.41, 5.74) is 3.73. The Balaban J connectivity index is 1.49. The van der Waals surface area contributed by atoms with Crippen LogP contribution < -0.4 is 10.1 Å². The van der Waals surface area contributed by atoms with Crippen molar-refractivity contribution in [2.45, 2.75) is 19.8 Å². The van der Waals surface area contributed by atoms with Crippen molar-refractivity contribution in [2.75, 3.05) is 18.5 Å². The van der Waals surface area contributed by atoms with Gasteiger partial charge >= 0.3 is 5.97 Å². The molecule has 0 saturated heterocycles. The van der Waals surface area contributed by atoms with Gasteiger partial charge in [0.2, 0.25) is 0 Å². The summed E-state index contributed by atoms with van der Waals surface area (Å²) in [6.45, 7) is 3.58. The van der Waals surface area contributed by atoms with Gasteiger partial charge in [-0.1, -0.05) is 74.5 Å². The first-order valence-electron chi connectivity index (χ1n) is 9.85. The number of anilines is 1. The molecule has 1 N–H and O–H groups in total. The van der Waals surface area contributed by atoms with E-state index in [0.717, 1.165) is 11.1 Å². The minimum atomic E-state index is -0.602. The number of carbonyl (C=O) groups is 2. The van der Waals surface area contributed by atoms with Gasteiger partial charge in [-0.3, -0.25) is 4.79 Å². The number of nitrogens with one attached hydrogen (secondary N) is 1. The monoisotopic (exact) mass is 403 g/mol. The Morgan fingerprint density at radius 1 is 0.833 bits per heavy atom. The fourth-order valence-electron chi connectivity index (χ4n) is 2.93. The Bertz CT molecular complexity index is 982. The van der Waals surface area contributed by atoms with Crippen LogP contribution in [0.5, 0.6) is 5.75 Å². The van der Waals surface area contributed by atoms with Crippen LogP contribution in [-0.2, 0) is 14.3 Å². The number of benzene rings is 3. The van der Waals surface area contributed by atoms with E-state index in [1.54, 1.807) is 0 Å². The SMILES string of the molecule is CC(C)c1ccc(OCC(=O)OCC(=O)Nc2ccccc2-c2ccccc2)cc1. The highest BCUT2D eigenvalue weighted by atomic mass is 16.6. The minimum absolute atomic E-state index is 0.255. The van der Waals surface area contributed by atoms with Gasteiger partial charge in [0.15, 0.2) is 13.2 Å². The lowest BCUT2D eigenvalue weighted by molar-refractivity contribution is -0.149. The number of esters is 1. The largest absolute Gasteiger partial charge is 0.482 e. The summed E-state index contributed by atoms with van der Waals surface area (Å²) >= 11 is 0. The normalized spacial score (nSPS) is 10.5. The predicted octanol–water partition coefficient (Wildman–Crippen LogP) is 5.04. The van der Waals surface area contributed by atoms with Crippen LogP contribution in [0.3, 0.4) is 0 Å². The zero-order valence-corrected chi connectivity index (χ0v) is 17.1. The van der Waals surface area contributed by atoms with Crippen molar-refractivity contribution in [3.05, 3.63) is 84.4 Å². The van der Waals surface area contributed by atoms with Crippen LogP contribution in [0, 0.1) is 0 Å². The maximum atomic E-state index is 12.2. The zero-order valence-electron chi connectivity index (χ0n) is 17.1. The highest BCUT2D eigenvalue weighted by Gasteiger charge is 2.11. The van der Waals surface area contributed by atoms with E-state index >= 15 is 0 Å². The van der Waals surface area contributed by atoms with E-state index in [9.17, 15) is 9.59 Å². The molecule has 0 saturated carbocycles. The Hall–Kier alpha value is -3.60. The van der Waals surface area contributed by atoms with Gasteiger partial charge in [-0.15, -0.1) is 0 Å². The standard InChI is InChI=1S/C25H25NO4/c1-18(2)19-12-14-21(15-13-19)29-17-25(28)30-16-24(27)26-23-11-7-6-10-22(23)20-8-4-3-5-9-20/h3-15,18H,16-17H2,1-2H3,(H,26,27). The zero-order chi connectivity index (χ0) is 21.3. The van der Waals surface area contributed by atoms with Crippen LogP contribution in [0.1, 0.15) is 25.3 Å². The Labute approximate surface area is 176 Å². The van der Waals surface area contributed by atoms with Crippen molar-refractivity contribution in [3.8, 4) is 16.9 Å². The minimum Gasteiger partial charge on any atom is -0.482 e. The van der Waals surface area contributed by atoms with Crippen LogP contribution in [0.15, 0.2) is 78.9 Å². The average Bonchev–Trinajstić information content (AvgIpc) is 2.77. The molecule has 0 bridgehead atoms. The lowest BCUT2D eigenvalue weighted by atomic mass is 10.0. The lowest BCUT2D eigenvalue weighted by Crippen LogP contribution is -2.23. The van der Waals surface area contributed by atoms with Crippen molar-refractivity contribution in [3.63, 3.8) is 0 Å². The van der Waals surface area contributed by atoms with Crippen LogP contribution in [0.25, 0.3) is 11.1 Å². The second-order valence-corrected chi connectivity index (χ2v) is 7.13. The summed E-state index contributed by atoms with van der Waals surface area (Å²) < 4.78 is 10.5. The van der Waals surface area contributed by atoms with E-state index < -0.39 is 11.9 Å². The number of rotatable bonds is 8. The molecule has 5 heteroatoms. The van der Waals surface area contributed by atoms with E-state index in [0.29, 0.717) is 17.4 Å². The molecule has 30 heavy (non-hydrogen) atoms. The Kier molecular flexibility index (Phi) is 7.22. The maximum Gasteiger partial charge on any atom is 0.344 e. The lowest BCUT2D eigenvalue weighted by Gasteiger charge is -2.12. The van der Waals surface area contributed by atoms with Crippen molar-refractivity contribution < 1.29 is 19.1 Å². The highest BCUT2D eigenvalue weighted by Crippen LogP contribution is 2.27. The van der Waals surface area contributed by atoms with Crippen molar-refractivity contribution >= 4 is 17.6 Å². The molecule has 3 aromatic carbocycles. The van der Waals surface area contributed by atoms with Gasteiger partial charge in [0, 0.05) is 11.3 Å². The van der Waals surface area contributed by atoms with Gasteiger partial charge in [0.05, 0.1) is 0 Å². The molecule has 5 nitrogen and oxygen atoms in total. The molecule has 3 aromatic rings. The van der Waals surface area contributed by atoms with Gasteiger partial charge in [-0.25, -0.2) is 4.79 Å². The number of carbonyl (C=O) groups excluding carboxylic acids is 2. The smallest absolute Gasteiger partial charge is 0.344 e. The van der Waals surface area contributed by atoms with E-state index in [1.807, 2.05) is 78.9 Å². The third-order valence-electron chi connectivity index (χ3n) is 4.55. The quantitative estimate of drug-likeness (QED) is 0.535. The third kappa shape index (κ3) is 5.95. The van der Waals surface area contributed by atoms with Crippen LogP contribution in [0.4, 0.5) is 5.69 Å². The van der Waals surface area contributed by atoms with Gasteiger partial charge in [0.1, 0.15) is 5.75 Å². The van der Waals surface area contributed by atoms with Crippen LogP contribution in [-0.4, -0.2) is 25.1 Å². The molecule has 3 rings (SSSR count). The number of ether oxygens (including phenoxy) is 2. The molecule has 0 heterocycles. The molecule has 0 atom stereocenters. The van der Waals surface area contributed by atoms with E-state index in [2.05, 4.69) is 19.2 Å². The molecule has 0 unspecified atom stereocenters. The molecular weight excluding hydrogens is 378 g/mol. The van der Waals surface area contributed by atoms with Crippen molar-refractivity contribution in [1.82, 2.24) is 0 Å². The molecule has 0 aliphatic heterocycles. The van der Waals surface area contributed by atoms with Gasteiger partial charge in [0.25, 0.3) is 5.91 Å². The van der Waals surface area contributed by atoms with Crippen LogP contribution in [0.2, 0.25) is 0 Å². The number of hydrogen-bond donors (Lipinski definition) is 1. The van der Waals surface area contributed by atoms with Gasteiger partial charge < -0.3 is 14.8 Å². The Morgan fingerprint density at radius 2 is 1.50 bits per heavy atom. The summed E-state index contributed by atoms with van der Waals surface area (Å²) in [6.07, 6.45) is 0. The molecule has 154 valence electrons. The molecule has 1 amide bonds. The number of amides is 1. The molecule has 0 radical (unpaired) electrons. The topological polar surface area (TPSA) is 64.6 Å². The first-order valence-corrected chi connectivity index (χ1v) is 9.85. The summed E-state index contributed by atoms with van der Waals surface area (Å²) in [4.78, 5) is 24.2. The van der Waals surface area contributed by atoms with E-state index in [4.69, 9.17) is 9.47 Å². The molecule has 0 aliphatic carbocycles. The third-order valence-corrected chi connectivity index (χ3v) is 4.55. The molecular formula is C25H25NO4. The van der Waals surface area contributed by atoms with Crippen molar-refractivity contribution in [1.29, 1.82) is 0 Å². The first kappa shape index (κ1) is 21.1. The van der Waals surface area contributed by atoms with Gasteiger partial charge in [-0.2, -0.15) is 0 Å². The number of para-hydroxylation sites is 1. The summed E-state index contributed by atoms with van der Waals surface area (Å²) in [6, 6.07) is 24.8. The van der Waals surface area contributed by atoms with Crippen LogP contribution >= 0.6 is 0 Å². The maximum absolute atomic E-state index is 12.2. The summed E-state index contributed by atoms with van der Waals surface area (Å²) in [5.74, 6) is -0.00501. The highest BCUT2D eigenvalue weighted by molar-refractivity contribution is 5.96. The van der Waals surface area contributed by atoms with E-state index in [-0.39, 0.29) is 13.2 Å². The fraction of sp³-hybridized carbons (Fsp3) is 0.200. The first-order chi connectivity index (χ1) is 14.5. The average molecular weight is 403 g/mol. The molecule has 0 fully saturated rings. The second kappa shape index (κ2) is 10.3.